The largest absolute Gasteiger partial charge is 0.481 e. The smallest absolute Gasteiger partial charge is 0.303 e. The summed E-state index contributed by atoms with van der Waals surface area (Å²) < 4.78 is 0. The number of rotatable bonds is 9. The molecule has 0 aromatic carbocycles. The third-order valence-electron chi connectivity index (χ3n) is 1.85. The first-order valence-electron chi connectivity index (χ1n) is 6.69. The minimum atomic E-state index is -1.08. The number of aliphatic hydroxyl groups excluding tert-OH is 2. The van der Waals surface area contributed by atoms with Gasteiger partial charge in [0.25, 0.3) is 0 Å². The van der Waals surface area contributed by atoms with Gasteiger partial charge in [0.1, 0.15) is 0 Å². The average Bonchev–Trinajstić information content (AvgIpc) is 2.42. The van der Waals surface area contributed by atoms with Crippen molar-refractivity contribution in [3.63, 3.8) is 0 Å². The van der Waals surface area contributed by atoms with Crippen molar-refractivity contribution in [2.24, 2.45) is 0 Å². The Bertz CT molecular complexity index is 321. The molecule has 0 amide bonds. The molecule has 0 saturated heterocycles. The number of hydrogen-bond acceptors (Lipinski definition) is 6. The maximum absolute atomic E-state index is 9.90. The maximum Gasteiger partial charge on any atom is 0.303 e. The van der Waals surface area contributed by atoms with Crippen LogP contribution in [0, 0.1) is 0 Å². The first-order valence-corrected chi connectivity index (χ1v) is 6.69. The minimum Gasteiger partial charge on any atom is -0.481 e. The highest BCUT2D eigenvalue weighted by molar-refractivity contribution is 5.75. The van der Waals surface area contributed by atoms with Crippen LogP contribution in [-0.2, 0) is 19.2 Å². The lowest BCUT2D eigenvalue weighted by molar-refractivity contribution is -0.143. The van der Waals surface area contributed by atoms with Gasteiger partial charge in [-0.2, -0.15) is 0 Å². The summed E-state index contributed by atoms with van der Waals surface area (Å²) >= 11 is 0. The fraction of sp³-hybridized carbons (Fsp3) is 0.692. The molecule has 0 bridgehead atoms. The monoisotopic (exact) mass is 340 g/mol. The van der Waals surface area contributed by atoms with E-state index in [1.165, 1.54) is 6.92 Å². The molecule has 0 saturated carbocycles. The van der Waals surface area contributed by atoms with Crippen LogP contribution in [0.3, 0.4) is 0 Å². The van der Waals surface area contributed by atoms with E-state index in [0.717, 1.165) is 0 Å². The molecule has 0 aliphatic heterocycles. The van der Waals surface area contributed by atoms with E-state index in [1.807, 2.05) is 0 Å². The molecule has 1 atom stereocenters. The van der Waals surface area contributed by atoms with Gasteiger partial charge in [-0.05, 0) is 19.8 Å². The van der Waals surface area contributed by atoms with E-state index in [9.17, 15) is 19.2 Å². The molecule has 0 spiro atoms. The van der Waals surface area contributed by atoms with E-state index in [-0.39, 0.29) is 32.3 Å². The van der Waals surface area contributed by atoms with Crippen molar-refractivity contribution in [2.75, 3.05) is 6.61 Å². The second-order valence-electron chi connectivity index (χ2n) is 4.31. The Morgan fingerprint density at radius 3 is 1.04 bits per heavy atom. The van der Waals surface area contributed by atoms with Crippen LogP contribution in [0.2, 0.25) is 0 Å². The van der Waals surface area contributed by atoms with Crippen molar-refractivity contribution >= 4 is 23.9 Å². The Hall–Kier alpha value is -2.20. The number of carboxylic acids is 4. The van der Waals surface area contributed by atoms with Crippen molar-refractivity contribution in [1.29, 1.82) is 0 Å². The van der Waals surface area contributed by atoms with Crippen molar-refractivity contribution in [1.82, 2.24) is 0 Å². The maximum atomic E-state index is 9.90. The predicted octanol–water partition coefficient (Wildman–Crippen LogP) is 0.0113. The second kappa shape index (κ2) is 17.9. The van der Waals surface area contributed by atoms with Gasteiger partial charge in [-0.1, -0.05) is 0 Å². The zero-order chi connectivity index (χ0) is 18.8. The van der Waals surface area contributed by atoms with Crippen LogP contribution in [0.25, 0.3) is 0 Å². The van der Waals surface area contributed by atoms with E-state index >= 15 is 0 Å². The van der Waals surface area contributed by atoms with Crippen LogP contribution in [0.5, 0.6) is 0 Å². The SMILES string of the molecule is CC(O)CO.O=C(O)CCC(=O)O.O=C(O)CCCCC(=O)O. The molecule has 0 heterocycles. The van der Waals surface area contributed by atoms with Crippen LogP contribution in [-0.4, -0.2) is 67.2 Å². The van der Waals surface area contributed by atoms with Gasteiger partial charge in [-0.25, -0.2) is 0 Å². The van der Waals surface area contributed by atoms with E-state index in [1.54, 1.807) is 0 Å². The summed E-state index contributed by atoms with van der Waals surface area (Å²) in [5, 5.41) is 48.1. The Morgan fingerprint density at radius 2 is 0.913 bits per heavy atom. The summed E-state index contributed by atoms with van der Waals surface area (Å²) in [6.07, 6.45) is -0.135. The molecule has 0 aliphatic rings. The zero-order valence-electron chi connectivity index (χ0n) is 12.8. The van der Waals surface area contributed by atoms with Crippen LogP contribution in [0.4, 0.5) is 0 Å². The molecule has 23 heavy (non-hydrogen) atoms. The number of aliphatic carboxylic acids is 4. The van der Waals surface area contributed by atoms with Crippen molar-refractivity contribution in [3.05, 3.63) is 0 Å². The van der Waals surface area contributed by atoms with Crippen LogP contribution < -0.4 is 0 Å². The first kappa shape index (κ1) is 25.7. The molecule has 0 fully saturated rings. The number of carboxylic acid groups (broad SMARTS) is 4. The quantitative estimate of drug-likeness (QED) is 0.312. The molecule has 136 valence electrons. The number of unbranched alkanes of at least 4 members (excludes halogenated alkanes) is 1. The van der Waals surface area contributed by atoms with Gasteiger partial charge < -0.3 is 30.6 Å². The third kappa shape index (κ3) is 45.1. The molecule has 1 unspecified atom stereocenters. The van der Waals surface area contributed by atoms with Gasteiger partial charge in [0.15, 0.2) is 0 Å². The topological polar surface area (TPSA) is 190 Å². The lowest BCUT2D eigenvalue weighted by Crippen LogP contribution is -2.03. The predicted molar refractivity (Wildman–Crippen MR) is 77.0 cm³/mol. The van der Waals surface area contributed by atoms with E-state index in [2.05, 4.69) is 0 Å². The Labute approximate surface area is 133 Å². The summed E-state index contributed by atoms with van der Waals surface area (Å²) in [6.45, 7) is 1.39. The van der Waals surface area contributed by atoms with Gasteiger partial charge in [-0.15, -0.1) is 0 Å². The highest BCUT2D eigenvalue weighted by atomic mass is 16.4. The second-order valence-corrected chi connectivity index (χ2v) is 4.31. The average molecular weight is 340 g/mol. The van der Waals surface area contributed by atoms with Gasteiger partial charge in [0.05, 0.1) is 25.6 Å². The van der Waals surface area contributed by atoms with Crippen LogP contribution in [0.15, 0.2) is 0 Å². The lowest BCUT2D eigenvalue weighted by Gasteiger charge is -1.92. The molecular weight excluding hydrogens is 316 g/mol. The Balaban J connectivity index is -0.000000276. The van der Waals surface area contributed by atoms with E-state index < -0.39 is 30.0 Å². The zero-order valence-corrected chi connectivity index (χ0v) is 12.8. The van der Waals surface area contributed by atoms with Crippen molar-refractivity contribution in [3.8, 4) is 0 Å². The molecule has 0 aliphatic carbocycles. The number of carbonyl (C=O) groups is 4. The van der Waals surface area contributed by atoms with Gasteiger partial charge >= 0.3 is 23.9 Å². The van der Waals surface area contributed by atoms with Gasteiger partial charge in [0, 0.05) is 12.8 Å². The van der Waals surface area contributed by atoms with Crippen LogP contribution in [0.1, 0.15) is 45.4 Å². The minimum absolute atomic E-state index is 0.0628. The van der Waals surface area contributed by atoms with E-state index in [4.69, 9.17) is 30.6 Å². The number of hydrogen-bond donors (Lipinski definition) is 6. The molecule has 0 aromatic heterocycles. The molecule has 0 radical (unpaired) electrons. The van der Waals surface area contributed by atoms with Crippen LogP contribution >= 0.6 is 0 Å². The molecule has 0 rings (SSSR count). The normalized spacial score (nSPS) is 10.2. The Morgan fingerprint density at radius 1 is 0.696 bits per heavy atom. The van der Waals surface area contributed by atoms with Gasteiger partial charge in [-0.3, -0.25) is 19.2 Å². The third-order valence-corrected chi connectivity index (χ3v) is 1.85. The summed E-state index contributed by atoms with van der Waals surface area (Å²) in [5.41, 5.74) is 0. The summed E-state index contributed by atoms with van der Waals surface area (Å²) in [6, 6.07) is 0. The standard InChI is InChI=1S/C6H10O4.C4H6O4.C3H8O2/c7-5(8)3-1-2-4-6(9)10;5-3(6)1-2-4(7)8;1-3(5)2-4/h1-4H2,(H,7,8)(H,9,10);1-2H2,(H,5,6)(H,7,8);3-5H,2H2,1H3. The fourth-order valence-electron chi connectivity index (χ4n) is 0.766. The molecular formula is C13H24O10. The summed E-state index contributed by atoms with van der Waals surface area (Å²) in [4.78, 5) is 39.1. The van der Waals surface area contributed by atoms with Crippen molar-refractivity contribution in [2.45, 2.75) is 51.6 Å². The molecule has 10 nitrogen and oxygen atoms in total. The van der Waals surface area contributed by atoms with Gasteiger partial charge in [0.2, 0.25) is 0 Å². The Kier molecular flexibility index (Phi) is 20.0. The van der Waals surface area contributed by atoms with Crippen molar-refractivity contribution < 1.29 is 49.8 Å². The molecule has 0 aromatic rings. The fourth-order valence-corrected chi connectivity index (χ4v) is 0.766. The molecule has 10 heteroatoms. The van der Waals surface area contributed by atoms with E-state index in [0.29, 0.717) is 12.8 Å². The highest BCUT2D eigenvalue weighted by Gasteiger charge is 2.00. The number of aliphatic hydroxyl groups is 2. The summed E-state index contributed by atoms with van der Waals surface area (Å²) in [5.74, 6) is -3.89. The highest BCUT2D eigenvalue weighted by Crippen LogP contribution is 1.98. The summed E-state index contributed by atoms with van der Waals surface area (Å²) in [7, 11) is 0. The molecule has 6 N–H and O–H groups in total. The first-order chi connectivity index (χ1) is 10.5. The lowest BCUT2D eigenvalue weighted by atomic mass is 10.2.